The molecule has 1 aliphatic carbocycles. The minimum Gasteiger partial charge on any atom is -0.376 e. The summed E-state index contributed by atoms with van der Waals surface area (Å²) in [6.07, 6.45) is 2.55. The van der Waals surface area contributed by atoms with Gasteiger partial charge in [-0.15, -0.1) is 0 Å². The summed E-state index contributed by atoms with van der Waals surface area (Å²) in [6.45, 7) is 0.419. The second-order valence-corrected chi connectivity index (χ2v) is 4.97. The number of hydrogen-bond donors (Lipinski definition) is 1. The average molecular weight is 259 g/mol. The lowest BCUT2D eigenvalue weighted by Gasteiger charge is -2.09. The average Bonchev–Trinajstić information content (AvgIpc) is 3.23. The van der Waals surface area contributed by atoms with Gasteiger partial charge in [0.25, 0.3) is 0 Å². The third-order valence-electron chi connectivity index (χ3n) is 3.46. The Balaban J connectivity index is 1.68. The van der Waals surface area contributed by atoms with Crippen molar-refractivity contribution < 1.29 is 8.78 Å². The van der Waals surface area contributed by atoms with Crippen molar-refractivity contribution in [2.45, 2.75) is 25.3 Å². The van der Waals surface area contributed by atoms with Crippen molar-refractivity contribution in [1.82, 2.24) is 0 Å². The Morgan fingerprint density at radius 2 is 1.58 bits per heavy atom. The molecule has 0 amide bonds. The van der Waals surface area contributed by atoms with E-state index >= 15 is 0 Å². The van der Waals surface area contributed by atoms with Crippen molar-refractivity contribution in [3.63, 3.8) is 0 Å². The van der Waals surface area contributed by atoms with Crippen molar-refractivity contribution in [3.05, 3.63) is 65.2 Å². The van der Waals surface area contributed by atoms with Crippen molar-refractivity contribution in [3.8, 4) is 0 Å². The van der Waals surface area contributed by atoms with Crippen LogP contribution in [0.4, 0.5) is 14.5 Å². The van der Waals surface area contributed by atoms with Crippen LogP contribution >= 0.6 is 0 Å². The number of benzene rings is 2. The van der Waals surface area contributed by atoms with Crippen LogP contribution < -0.4 is 5.32 Å². The van der Waals surface area contributed by atoms with Crippen molar-refractivity contribution >= 4 is 5.69 Å². The van der Waals surface area contributed by atoms with Crippen LogP contribution in [0.1, 0.15) is 29.9 Å². The lowest BCUT2D eigenvalue weighted by atomic mass is 10.1. The number of nitrogens with one attached hydrogen (secondary N) is 1. The molecule has 0 aliphatic heterocycles. The van der Waals surface area contributed by atoms with Crippen LogP contribution in [0.2, 0.25) is 0 Å². The van der Waals surface area contributed by atoms with Crippen LogP contribution in [0, 0.1) is 11.6 Å². The van der Waals surface area contributed by atoms with Gasteiger partial charge in [0.15, 0.2) is 0 Å². The summed E-state index contributed by atoms with van der Waals surface area (Å²) < 4.78 is 26.9. The zero-order chi connectivity index (χ0) is 13.2. The Hall–Kier alpha value is -1.90. The summed E-state index contributed by atoms with van der Waals surface area (Å²) >= 11 is 0. The molecule has 2 aromatic carbocycles. The molecule has 0 heterocycles. The van der Waals surface area contributed by atoms with Gasteiger partial charge in [0, 0.05) is 6.54 Å². The fourth-order valence-corrected chi connectivity index (χ4v) is 2.18. The lowest BCUT2D eigenvalue weighted by molar-refractivity contribution is 0.588. The first-order valence-electron chi connectivity index (χ1n) is 6.51. The quantitative estimate of drug-likeness (QED) is 0.855. The van der Waals surface area contributed by atoms with E-state index in [2.05, 4.69) is 17.4 Å². The van der Waals surface area contributed by atoms with Gasteiger partial charge in [-0.25, -0.2) is 8.78 Å². The summed E-state index contributed by atoms with van der Waals surface area (Å²) in [5.41, 5.74) is 2.32. The Morgan fingerprint density at radius 1 is 0.947 bits per heavy atom. The molecule has 98 valence electrons. The fraction of sp³-hybridized carbons (Fsp3) is 0.250. The van der Waals surface area contributed by atoms with Crippen LogP contribution in [0.25, 0.3) is 0 Å². The van der Waals surface area contributed by atoms with E-state index in [4.69, 9.17) is 0 Å². The van der Waals surface area contributed by atoms with Gasteiger partial charge in [-0.2, -0.15) is 0 Å². The number of rotatable bonds is 4. The number of para-hydroxylation sites is 1. The molecular weight excluding hydrogens is 244 g/mol. The van der Waals surface area contributed by atoms with Gasteiger partial charge in [-0.05, 0) is 42.0 Å². The second kappa shape index (κ2) is 5.00. The normalized spacial score (nSPS) is 14.4. The molecule has 1 fully saturated rings. The molecule has 3 heteroatoms. The first-order valence-corrected chi connectivity index (χ1v) is 6.51. The summed E-state index contributed by atoms with van der Waals surface area (Å²) in [7, 11) is 0. The molecule has 0 saturated heterocycles. The van der Waals surface area contributed by atoms with E-state index in [0.717, 1.165) is 11.5 Å². The predicted molar refractivity (Wildman–Crippen MR) is 72.1 cm³/mol. The Bertz CT molecular complexity index is 554. The Kier molecular flexibility index (Phi) is 3.20. The second-order valence-electron chi connectivity index (χ2n) is 4.97. The number of hydrogen-bond acceptors (Lipinski definition) is 1. The third-order valence-corrected chi connectivity index (χ3v) is 3.46. The highest BCUT2D eigenvalue weighted by Crippen LogP contribution is 2.39. The van der Waals surface area contributed by atoms with Crippen LogP contribution in [0.5, 0.6) is 0 Å². The highest BCUT2D eigenvalue weighted by atomic mass is 19.1. The molecule has 0 radical (unpaired) electrons. The van der Waals surface area contributed by atoms with Gasteiger partial charge in [-0.3, -0.25) is 0 Å². The molecule has 0 bridgehead atoms. The first-order chi connectivity index (χ1) is 9.24. The van der Waals surface area contributed by atoms with Crippen molar-refractivity contribution in [1.29, 1.82) is 0 Å². The molecule has 2 aromatic rings. The molecule has 1 N–H and O–H groups in total. The molecular formula is C16H15F2N. The standard InChI is InChI=1S/C16H15F2N/c17-14-2-1-3-15(18)16(14)19-10-11-4-6-12(7-5-11)13-8-9-13/h1-7,13,19H,8-10H2. The third kappa shape index (κ3) is 2.75. The monoisotopic (exact) mass is 259 g/mol. The fourth-order valence-electron chi connectivity index (χ4n) is 2.18. The summed E-state index contributed by atoms with van der Waals surface area (Å²) in [5, 5.41) is 2.81. The van der Waals surface area contributed by atoms with E-state index in [1.165, 1.54) is 36.6 Å². The minimum absolute atomic E-state index is 0.0613. The van der Waals surface area contributed by atoms with Crippen LogP contribution in [0.3, 0.4) is 0 Å². The Morgan fingerprint density at radius 3 is 2.16 bits per heavy atom. The van der Waals surface area contributed by atoms with Gasteiger partial charge in [0.05, 0.1) is 0 Å². The molecule has 3 rings (SSSR count). The maximum Gasteiger partial charge on any atom is 0.149 e. The maximum absolute atomic E-state index is 13.4. The van der Waals surface area contributed by atoms with E-state index in [1.54, 1.807) is 0 Å². The lowest BCUT2D eigenvalue weighted by Crippen LogP contribution is -2.03. The molecule has 0 spiro atoms. The van der Waals surface area contributed by atoms with E-state index in [-0.39, 0.29) is 5.69 Å². The van der Waals surface area contributed by atoms with Gasteiger partial charge < -0.3 is 5.32 Å². The van der Waals surface area contributed by atoms with Gasteiger partial charge >= 0.3 is 0 Å². The van der Waals surface area contributed by atoms with E-state index in [9.17, 15) is 8.78 Å². The van der Waals surface area contributed by atoms with Crippen molar-refractivity contribution in [2.75, 3.05) is 5.32 Å². The number of anilines is 1. The molecule has 1 saturated carbocycles. The summed E-state index contributed by atoms with van der Waals surface area (Å²) in [5.74, 6) is -0.393. The zero-order valence-electron chi connectivity index (χ0n) is 10.5. The molecule has 19 heavy (non-hydrogen) atoms. The van der Waals surface area contributed by atoms with E-state index < -0.39 is 11.6 Å². The Labute approximate surface area is 111 Å². The van der Waals surface area contributed by atoms with Gasteiger partial charge in [-0.1, -0.05) is 30.3 Å². The van der Waals surface area contributed by atoms with Crippen LogP contribution in [-0.2, 0) is 6.54 Å². The molecule has 1 nitrogen and oxygen atoms in total. The smallest absolute Gasteiger partial charge is 0.149 e. The zero-order valence-corrected chi connectivity index (χ0v) is 10.5. The maximum atomic E-state index is 13.4. The molecule has 0 unspecified atom stereocenters. The summed E-state index contributed by atoms with van der Waals surface area (Å²) in [4.78, 5) is 0. The minimum atomic E-state index is -0.561. The van der Waals surface area contributed by atoms with Crippen LogP contribution in [-0.4, -0.2) is 0 Å². The topological polar surface area (TPSA) is 12.0 Å². The van der Waals surface area contributed by atoms with Crippen molar-refractivity contribution in [2.24, 2.45) is 0 Å². The largest absolute Gasteiger partial charge is 0.376 e. The molecule has 0 aromatic heterocycles. The summed E-state index contributed by atoms with van der Waals surface area (Å²) in [6, 6.07) is 12.1. The predicted octanol–water partition coefficient (Wildman–Crippen LogP) is 4.45. The van der Waals surface area contributed by atoms with E-state index in [0.29, 0.717) is 6.54 Å². The van der Waals surface area contributed by atoms with Gasteiger partial charge in [0.1, 0.15) is 17.3 Å². The first kappa shape index (κ1) is 12.2. The number of halogens is 2. The van der Waals surface area contributed by atoms with Crippen LogP contribution in [0.15, 0.2) is 42.5 Å². The molecule has 1 aliphatic rings. The highest BCUT2D eigenvalue weighted by Gasteiger charge is 2.22. The molecule has 0 atom stereocenters. The SMILES string of the molecule is Fc1cccc(F)c1NCc1ccc(C2CC2)cc1. The van der Waals surface area contributed by atoms with E-state index in [1.807, 2.05) is 12.1 Å². The highest BCUT2D eigenvalue weighted by molar-refractivity contribution is 5.46. The van der Waals surface area contributed by atoms with Gasteiger partial charge in [0.2, 0.25) is 0 Å².